The van der Waals surface area contributed by atoms with Crippen LogP contribution in [0.3, 0.4) is 0 Å². The van der Waals surface area contributed by atoms with Crippen LogP contribution in [0, 0.1) is 5.92 Å². The molecule has 2 bridgehead atoms. The summed E-state index contributed by atoms with van der Waals surface area (Å²) in [6, 6.07) is 0. The van der Waals surface area contributed by atoms with Crippen molar-refractivity contribution in [3.8, 4) is 0 Å². The number of hydrazine groups is 1. The molecule has 1 saturated carbocycles. The van der Waals surface area contributed by atoms with Gasteiger partial charge in [0.1, 0.15) is 0 Å². The molecule has 3 fully saturated rings. The maximum Gasteiger partial charge on any atom is 0.156 e. The minimum Gasteiger partial charge on any atom is -0.372 e. The monoisotopic (exact) mass is 130 g/mol. The van der Waals surface area contributed by atoms with Gasteiger partial charge in [-0.1, -0.05) is 5.17 Å². The van der Waals surface area contributed by atoms with Gasteiger partial charge in [-0.15, -0.1) is 0 Å². The first-order valence-corrected chi connectivity index (χ1v) is 3.16. The van der Waals surface area contributed by atoms with E-state index in [9.17, 15) is 5.11 Å². The lowest BCUT2D eigenvalue weighted by Gasteiger charge is -2.52. The van der Waals surface area contributed by atoms with Crippen molar-refractivity contribution in [2.24, 2.45) is 5.92 Å². The molecule has 2 saturated heterocycles. The molecule has 3 N–H and O–H groups in total. The fraction of sp³-hybridized carbons (Fsp3) is 1.00. The molecule has 0 atom stereocenters. The Balaban J connectivity index is 2.11. The standard InChI is InChI=1S/C5H10N2O2/c8-5-1-4(2-5)3-6-7(5)9/h4,6,8-9H,1-3H2. The van der Waals surface area contributed by atoms with Crippen LogP contribution in [0.4, 0.5) is 0 Å². The highest BCUT2D eigenvalue weighted by molar-refractivity contribution is 4.94. The summed E-state index contributed by atoms with van der Waals surface area (Å²) in [7, 11) is 0. The van der Waals surface area contributed by atoms with E-state index in [0.29, 0.717) is 18.8 Å². The van der Waals surface area contributed by atoms with Gasteiger partial charge in [0.15, 0.2) is 5.72 Å². The second-order valence-electron chi connectivity index (χ2n) is 2.93. The first-order chi connectivity index (χ1) is 4.21. The van der Waals surface area contributed by atoms with Crippen molar-refractivity contribution >= 4 is 0 Å². The van der Waals surface area contributed by atoms with E-state index in [1.807, 2.05) is 0 Å². The average molecular weight is 130 g/mol. The zero-order valence-corrected chi connectivity index (χ0v) is 5.04. The van der Waals surface area contributed by atoms with Crippen LogP contribution < -0.4 is 5.43 Å². The lowest BCUT2D eigenvalue weighted by Crippen LogP contribution is -2.68. The molecule has 3 aliphatic rings. The van der Waals surface area contributed by atoms with Gasteiger partial charge < -0.3 is 5.11 Å². The summed E-state index contributed by atoms with van der Waals surface area (Å²) in [4.78, 5) is 0. The van der Waals surface area contributed by atoms with Gasteiger partial charge in [-0.05, 0) is 18.8 Å². The van der Waals surface area contributed by atoms with E-state index in [-0.39, 0.29) is 0 Å². The molecule has 0 aromatic carbocycles. The normalized spacial score (nSPS) is 50.7. The maximum atomic E-state index is 9.32. The van der Waals surface area contributed by atoms with Crippen LogP contribution in [0.5, 0.6) is 0 Å². The summed E-state index contributed by atoms with van der Waals surface area (Å²) < 4.78 is 0. The van der Waals surface area contributed by atoms with Crippen LogP contribution in [0.15, 0.2) is 0 Å². The number of nitrogens with zero attached hydrogens (tertiary/aromatic N) is 1. The fourth-order valence-electron chi connectivity index (χ4n) is 1.54. The molecule has 0 amide bonds. The highest BCUT2D eigenvalue weighted by Crippen LogP contribution is 2.41. The Labute approximate surface area is 53.0 Å². The van der Waals surface area contributed by atoms with Crippen molar-refractivity contribution < 1.29 is 10.3 Å². The molecule has 1 aliphatic carbocycles. The van der Waals surface area contributed by atoms with Gasteiger partial charge in [-0.25, -0.2) is 5.43 Å². The van der Waals surface area contributed by atoms with E-state index in [1.165, 1.54) is 0 Å². The van der Waals surface area contributed by atoms with E-state index in [2.05, 4.69) is 5.43 Å². The molecule has 4 nitrogen and oxygen atoms in total. The Kier molecular flexibility index (Phi) is 0.912. The Morgan fingerprint density at radius 3 is 2.56 bits per heavy atom. The number of rotatable bonds is 0. The van der Waals surface area contributed by atoms with Crippen LogP contribution in [0.1, 0.15) is 12.8 Å². The van der Waals surface area contributed by atoms with E-state index in [4.69, 9.17) is 5.21 Å². The molecular weight excluding hydrogens is 120 g/mol. The summed E-state index contributed by atoms with van der Waals surface area (Å²) in [5.74, 6) is 0.568. The van der Waals surface area contributed by atoms with E-state index < -0.39 is 5.72 Å². The zero-order valence-electron chi connectivity index (χ0n) is 5.04. The quantitative estimate of drug-likeness (QED) is 0.405. The molecule has 52 valence electrons. The first-order valence-electron chi connectivity index (χ1n) is 3.16. The lowest BCUT2D eigenvalue weighted by molar-refractivity contribution is -0.358. The largest absolute Gasteiger partial charge is 0.372 e. The summed E-state index contributed by atoms with van der Waals surface area (Å²) in [5, 5.41) is 19.1. The Bertz CT molecular complexity index is 133. The SMILES string of the molecule is ON1NCC2CC1(O)C2. The van der Waals surface area contributed by atoms with Crippen molar-refractivity contribution in [1.29, 1.82) is 0 Å². The number of fused-ring (bicyclic) bond motifs is 2. The van der Waals surface area contributed by atoms with Crippen LogP contribution >= 0.6 is 0 Å². The summed E-state index contributed by atoms with van der Waals surface area (Å²) in [6.07, 6.45) is 1.41. The highest BCUT2D eigenvalue weighted by atomic mass is 16.6. The predicted octanol–water partition coefficient (Wildman–Crippen LogP) is -0.706. The van der Waals surface area contributed by atoms with Crippen molar-refractivity contribution in [3.63, 3.8) is 0 Å². The fourth-order valence-corrected chi connectivity index (χ4v) is 1.54. The van der Waals surface area contributed by atoms with Gasteiger partial charge in [-0.2, -0.15) is 0 Å². The number of hydrogen-bond donors (Lipinski definition) is 3. The molecule has 0 spiro atoms. The van der Waals surface area contributed by atoms with Crippen LogP contribution in [-0.2, 0) is 0 Å². The third-order valence-corrected chi connectivity index (χ3v) is 2.16. The van der Waals surface area contributed by atoms with E-state index in [0.717, 1.165) is 11.7 Å². The lowest BCUT2D eigenvalue weighted by atomic mass is 9.75. The van der Waals surface area contributed by atoms with Gasteiger partial charge >= 0.3 is 0 Å². The van der Waals surface area contributed by atoms with Crippen molar-refractivity contribution in [3.05, 3.63) is 0 Å². The van der Waals surface area contributed by atoms with Crippen molar-refractivity contribution in [2.45, 2.75) is 18.6 Å². The second-order valence-corrected chi connectivity index (χ2v) is 2.93. The molecule has 4 heteroatoms. The summed E-state index contributed by atoms with van der Waals surface area (Å²) in [6.45, 7) is 0.790. The van der Waals surface area contributed by atoms with Crippen LogP contribution in [-0.4, -0.2) is 27.8 Å². The third-order valence-electron chi connectivity index (χ3n) is 2.16. The molecule has 0 radical (unpaired) electrons. The molecule has 2 heterocycles. The molecule has 9 heavy (non-hydrogen) atoms. The average Bonchev–Trinajstić information content (AvgIpc) is 1.73. The van der Waals surface area contributed by atoms with Crippen molar-refractivity contribution in [2.75, 3.05) is 6.54 Å². The smallest absolute Gasteiger partial charge is 0.156 e. The number of hydroxylamine groups is 1. The molecule has 2 aliphatic heterocycles. The molecule has 0 aromatic heterocycles. The van der Waals surface area contributed by atoms with Gasteiger partial charge in [-0.3, -0.25) is 5.21 Å². The van der Waals surface area contributed by atoms with Crippen LogP contribution in [0.2, 0.25) is 0 Å². The van der Waals surface area contributed by atoms with Crippen molar-refractivity contribution in [1.82, 2.24) is 10.6 Å². The van der Waals surface area contributed by atoms with Gasteiger partial charge in [0.2, 0.25) is 0 Å². The molecular formula is C5H10N2O2. The number of hydrogen-bond acceptors (Lipinski definition) is 4. The number of nitrogens with one attached hydrogen (secondary N) is 1. The maximum absolute atomic E-state index is 9.32. The van der Waals surface area contributed by atoms with Gasteiger partial charge in [0.05, 0.1) is 0 Å². The third kappa shape index (κ3) is 0.616. The van der Waals surface area contributed by atoms with E-state index in [1.54, 1.807) is 0 Å². The Morgan fingerprint density at radius 1 is 1.56 bits per heavy atom. The number of aliphatic hydroxyl groups is 1. The predicted molar refractivity (Wildman–Crippen MR) is 29.3 cm³/mol. The first kappa shape index (κ1) is 5.61. The minimum atomic E-state index is -0.942. The van der Waals surface area contributed by atoms with E-state index >= 15 is 0 Å². The molecule has 0 unspecified atom stereocenters. The zero-order chi connectivity index (χ0) is 6.48. The minimum absolute atomic E-state index is 0.568. The molecule has 0 aromatic rings. The van der Waals surface area contributed by atoms with Gasteiger partial charge in [0, 0.05) is 6.54 Å². The van der Waals surface area contributed by atoms with Gasteiger partial charge in [0.25, 0.3) is 0 Å². The molecule has 3 rings (SSSR count). The Morgan fingerprint density at radius 2 is 2.22 bits per heavy atom. The summed E-state index contributed by atoms with van der Waals surface area (Å²) in [5.41, 5.74) is 1.72. The topological polar surface area (TPSA) is 55.7 Å². The second kappa shape index (κ2) is 1.46. The highest BCUT2D eigenvalue weighted by Gasteiger charge is 2.51. The Hall–Kier alpha value is -0.160. The van der Waals surface area contributed by atoms with Crippen LogP contribution in [0.25, 0.3) is 0 Å². The summed E-state index contributed by atoms with van der Waals surface area (Å²) >= 11 is 0.